The molecule has 1 heterocycles. The smallest absolute Gasteiger partial charge is 0.0766 e. The van der Waals surface area contributed by atoms with Gasteiger partial charge < -0.3 is 5.73 Å². The van der Waals surface area contributed by atoms with E-state index < -0.39 is 0 Å². The van der Waals surface area contributed by atoms with Crippen LogP contribution in [0.3, 0.4) is 0 Å². The third-order valence-corrected chi connectivity index (χ3v) is 4.65. The van der Waals surface area contributed by atoms with Gasteiger partial charge >= 0.3 is 0 Å². The van der Waals surface area contributed by atoms with Crippen molar-refractivity contribution in [2.45, 2.75) is 46.1 Å². The number of aryl methyl sites for hydroxylation is 4. The van der Waals surface area contributed by atoms with Crippen LogP contribution in [0.15, 0.2) is 22.7 Å². The number of aromatic nitrogens is 2. The molecule has 0 aliphatic carbocycles. The molecule has 0 spiro atoms. The molecule has 4 heteroatoms. The molecule has 0 aliphatic heterocycles. The summed E-state index contributed by atoms with van der Waals surface area (Å²) in [5.74, 6) is 0. The lowest BCUT2D eigenvalue weighted by atomic mass is 9.99. The molecule has 2 aromatic rings. The van der Waals surface area contributed by atoms with E-state index in [2.05, 4.69) is 60.0 Å². The van der Waals surface area contributed by atoms with Crippen LogP contribution in [0.5, 0.6) is 0 Å². The Morgan fingerprint density at radius 2 is 1.81 bits per heavy atom. The number of hydrogen-bond acceptors (Lipinski definition) is 2. The average Bonchev–Trinajstić information content (AvgIpc) is 2.64. The summed E-state index contributed by atoms with van der Waals surface area (Å²) in [6, 6.07) is 6.74. The predicted molar refractivity (Wildman–Crippen MR) is 91.6 cm³/mol. The van der Waals surface area contributed by atoms with Crippen LogP contribution in [0.25, 0.3) is 0 Å². The topological polar surface area (TPSA) is 43.8 Å². The number of halogens is 1. The highest BCUT2D eigenvalue weighted by Gasteiger charge is 2.16. The molecule has 21 heavy (non-hydrogen) atoms. The second-order valence-corrected chi connectivity index (χ2v) is 6.64. The Labute approximate surface area is 135 Å². The Bertz CT molecular complexity index is 611. The van der Waals surface area contributed by atoms with Crippen molar-refractivity contribution in [3.05, 3.63) is 50.8 Å². The number of hydrogen-bond donors (Lipinski definition) is 1. The van der Waals surface area contributed by atoms with Crippen LogP contribution in [0.4, 0.5) is 0 Å². The van der Waals surface area contributed by atoms with Crippen LogP contribution in [-0.2, 0) is 26.3 Å². The second-order valence-electron chi connectivity index (χ2n) is 5.85. The molecule has 1 unspecified atom stereocenters. The van der Waals surface area contributed by atoms with Gasteiger partial charge in [-0.3, -0.25) is 4.68 Å². The number of rotatable bonds is 5. The highest BCUT2D eigenvalue weighted by Crippen LogP contribution is 2.23. The molecular weight excluding hydrogens is 326 g/mol. The van der Waals surface area contributed by atoms with E-state index in [9.17, 15) is 0 Å². The molecule has 0 fully saturated rings. The van der Waals surface area contributed by atoms with Crippen molar-refractivity contribution in [1.29, 1.82) is 0 Å². The lowest BCUT2D eigenvalue weighted by Crippen LogP contribution is -2.26. The molecule has 1 atom stereocenters. The fraction of sp³-hybridized carbons (Fsp3) is 0.471. The van der Waals surface area contributed by atoms with E-state index in [0.29, 0.717) is 0 Å². The second kappa shape index (κ2) is 6.75. The van der Waals surface area contributed by atoms with Crippen LogP contribution in [0.2, 0.25) is 0 Å². The minimum absolute atomic E-state index is 0.0996. The predicted octanol–water partition coefficient (Wildman–Crippen LogP) is 3.47. The molecular formula is C17H24BrN3. The molecule has 3 nitrogen and oxygen atoms in total. The van der Waals surface area contributed by atoms with Gasteiger partial charge in [0.1, 0.15) is 0 Å². The first kappa shape index (κ1) is 16.2. The first-order chi connectivity index (χ1) is 9.90. The molecule has 0 aliphatic rings. The molecule has 2 N–H and O–H groups in total. The van der Waals surface area contributed by atoms with E-state index in [4.69, 9.17) is 5.73 Å². The van der Waals surface area contributed by atoms with Gasteiger partial charge in [0.05, 0.1) is 15.9 Å². The fourth-order valence-electron chi connectivity index (χ4n) is 2.85. The molecule has 114 valence electrons. The third-order valence-electron chi connectivity index (χ3n) is 3.74. The Hall–Kier alpha value is -1.13. The summed E-state index contributed by atoms with van der Waals surface area (Å²) in [6.45, 7) is 6.38. The van der Waals surface area contributed by atoms with Crippen molar-refractivity contribution in [3.63, 3.8) is 0 Å². The first-order valence-corrected chi connectivity index (χ1v) is 8.23. The Balaban J connectivity index is 2.11. The van der Waals surface area contributed by atoms with Gasteiger partial charge in [0.25, 0.3) is 0 Å². The number of nitrogens with two attached hydrogens (primary N) is 1. The minimum Gasteiger partial charge on any atom is -0.327 e. The van der Waals surface area contributed by atoms with Crippen LogP contribution in [0.1, 0.15) is 35.0 Å². The van der Waals surface area contributed by atoms with Crippen molar-refractivity contribution in [1.82, 2.24) is 9.78 Å². The zero-order chi connectivity index (χ0) is 15.6. The summed E-state index contributed by atoms with van der Waals surface area (Å²) in [5, 5.41) is 4.53. The van der Waals surface area contributed by atoms with Gasteiger partial charge in [0.2, 0.25) is 0 Å². The monoisotopic (exact) mass is 349 g/mol. The first-order valence-electron chi connectivity index (χ1n) is 7.43. The fourth-order valence-corrected chi connectivity index (χ4v) is 3.63. The van der Waals surface area contributed by atoms with Crippen molar-refractivity contribution >= 4 is 15.9 Å². The van der Waals surface area contributed by atoms with Crippen molar-refractivity contribution in [2.75, 3.05) is 0 Å². The van der Waals surface area contributed by atoms with Gasteiger partial charge in [-0.25, -0.2) is 0 Å². The Kier molecular flexibility index (Phi) is 5.22. The van der Waals surface area contributed by atoms with Gasteiger partial charge in [-0.2, -0.15) is 5.10 Å². The average molecular weight is 350 g/mol. The van der Waals surface area contributed by atoms with Crippen molar-refractivity contribution in [3.8, 4) is 0 Å². The van der Waals surface area contributed by atoms with Gasteiger partial charge in [0, 0.05) is 19.5 Å². The van der Waals surface area contributed by atoms with Crippen molar-refractivity contribution < 1.29 is 0 Å². The summed E-state index contributed by atoms with van der Waals surface area (Å²) in [6.07, 6.45) is 2.65. The lowest BCUT2D eigenvalue weighted by Gasteiger charge is -2.13. The van der Waals surface area contributed by atoms with Crippen LogP contribution in [-0.4, -0.2) is 15.8 Å². The zero-order valence-corrected chi connectivity index (χ0v) is 14.9. The standard InChI is InChI=1S/C17H24BrN3/c1-5-15-17(18)16(21(4)20-15)10-14(19)9-13-7-11(2)6-12(3)8-13/h6-8,14H,5,9-10,19H2,1-4H3. The molecule has 0 saturated carbocycles. The summed E-state index contributed by atoms with van der Waals surface area (Å²) >= 11 is 3.66. The number of benzene rings is 1. The van der Waals surface area contributed by atoms with E-state index in [1.165, 1.54) is 22.4 Å². The summed E-state index contributed by atoms with van der Waals surface area (Å²) < 4.78 is 3.06. The highest BCUT2D eigenvalue weighted by molar-refractivity contribution is 9.10. The van der Waals surface area contributed by atoms with Gasteiger partial charge in [-0.15, -0.1) is 0 Å². The van der Waals surface area contributed by atoms with Crippen LogP contribution >= 0.6 is 15.9 Å². The highest BCUT2D eigenvalue weighted by atomic mass is 79.9. The van der Waals surface area contributed by atoms with E-state index in [1.807, 2.05) is 11.7 Å². The minimum atomic E-state index is 0.0996. The largest absolute Gasteiger partial charge is 0.327 e. The SMILES string of the molecule is CCc1nn(C)c(CC(N)Cc2cc(C)cc(C)c2)c1Br. The molecule has 0 bridgehead atoms. The zero-order valence-electron chi connectivity index (χ0n) is 13.3. The van der Waals surface area contributed by atoms with E-state index in [0.717, 1.165) is 29.4 Å². The van der Waals surface area contributed by atoms with Crippen LogP contribution in [0, 0.1) is 13.8 Å². The van der Waals surface area contributed by atoms with Gasteiger partial charge in [-0.05, 0) is 48.2 Å². The van der Waals surface area contributed by atoms with E-state index in [1.54, 1.807) is 0 Å². The maximum atomic E-state index is 6.36. The maximum absolute atomic E-state index is 6.36. The van der Waals surface area contributed by atoms with E-state index >= 15 is 0 Å². The Morgan fingerprint density at radius 3 is 2.33 bits per heavy atom. The summed E-state index contributed by atoms with van der Waals surface area (Å²) in [7, 11) is 1.99. The quantitative estimate of drug-likeness (QED) is 0.897. The van der Waals surface area contributed by atoms with Gasteiger partial charge in [-0.1, -0.05) is 36.2 Å². The van der Waals surface area contributed by atoms with Gasteiger partial charge in [0.15, 0.2) is 0 Å². The maximum Gasteiger partial charge on any atom is 0.0766 e. The molecule has 1 aromatic carbocycles. The Morgan fingerprint density at radius 1 is 1.19 bits per heavy atom. The molecule has 0 amide bonds. The third kappa shape index (κ3) is 3.95. The molecule has 1 aromatic heterocycles. The lowest BCUT2D eigenvalue weighted by molar-refractivity contribution is 0.610. The van der Waals surface area contributed by atoms with Crippen LogP contribution < -0.4 is 5.73 Å². The normalized spacial score (nSPS) is 12.7. The van der Waals surface area contributed by atoms with Crippen molar-refractivity contribution in [2.24, 2.45) is 12.8 Å². The number of nitrogens with zero attached hydrogens (tertiary/aromatic N) is 2. The molecule has 2 rings (SSSR count). The molecule has 0 radical (unpaired) electrons. The summed E-state index contributed by atoms with van der Waals surface area (Å²) in [4.78, 5) is 0. The summed E-state index contributed by atoms with van der Waals surface area (Å²) in [5.41, 5.74) is 12.6. The molecule has 0 saturated heterocycles. The van der Waals surface area contributed by atoms with E-state index in [-0.39, 0.29) is 6.04 Å².